The van der Waals surface area contributed by atoms with Crippen molar-refractivity contribution < 1.29 is 15.0 Å². The van der Waals surface area contributed by atoms with Crippen LogP contribution in [0.4, 0.5) is 0 Å². The van der Waals surface area contributed by atoms with Gasteiger partial charge in [0, 0.05) is 5.56 Å². The second kappa shape index (κ2) is 4.64. The van der Waals surface area contributed by atoms with Gasteiger partial charge in [0.2, 0.25) is 0 Å². The predicted octanol–water partition coefficient (Wildman–Crippen LogP) is 2.63. The fraction of sp³-hybridized carbons (Fsp3) is 0.308. The molecule has 17 heavy (non-hydrogen) atoms. The molecule has 1 aromatic carbocycles. The van der Waals surface area contributed by atoms with E-state index in [0.717, 1.165) is 0 Å². The molecule has 2 N–H and O–H groups in total. The zero-order chi connectivity index (χ0) is 13.2. The molecule has 0 spiro atoms. The van der Waals surface area contributed by atoms with Crippen molar-refractivity contribution in [1.29, 1.82) is 0 Å². The van der Waals surface area contributed by atoms with Crippen LogP contribution in [0.2, 0.25) is 19.6 Å². The quantitative estimate of drug-likeness (QED) is 0.593. The molecule has 0 aliphatic heterocycles. The van der Waals surface area contributed by atoms with Gasteiger partial charge >= 0.3 is 5.97 Å². The lowest BCUT2D eigenvalue weighted by Crippen LogP contribution is -2.16. The first-order valence-corrected chi connectivity index (χ1v) is 8.81. The molecule has 0 saturated carbocycles. The Morgan fingerprint density at radius 2 is 1.88 bits per heavy atom. The van der Waals surface area contributed by atoms with Gasteiger partial charge in [0.05, 0.1) is 11.1 Å². The average molecular weight is 248 g/mol. The first kappa shape index (κ1) is 13.3. The van der Waals surface area contributed by atoms with Gasteiger partial charge in [-0.15, -0.1) is 5.54 Å². The highest BCUT2D eigenvalue weighted by Crippen LogP contribution is 2.24. The van der Waals surface area contributed by atoms with Crippen molar-refractivity contribution in [2.24, 2.45) is 0 Å². The Balaban J connectivity index is 3.26. The van der Waals surface area contributed by atoms with Gasteiger partial charge in [-0.2, -0.15) is 0 Å². The summed E-state index contributed by atoms with van der Waals surface area (Å²) in [6.45, 7) is 7.90. The highest BCUT2D eigenvalue weighted by Gasteiger charge is 2.13. The van der Waals surface area contributed by atoms with Crippen LogP contribution in [-0.4, -0.2) is 24.3 Å². The van der Waals surface area contributed by atoms with Crippen LogP contribution in [0.25, 0.3) is 0 Å². The number of aromatic hydroxyl groups is 1. The smallest absolute Gasteiger partial charge is 0.336 e. The van der Waals surface area contributed by atoms with E-state index < -0.39 is 14.0 Å². The van der Waals surface area contributed by atoms with Gasteiger partial charge in [0.1, 0.15) is 13.8 Å². The molecule has 3 nitrogen and oxygen atoms in total. The third kappa shape index (κ3) is 3.36. The third-order valence-electron chi connectivity index (χ3n) is 2.23. The van der Waals surface area contributed by atoms with Gasteiger partial charge in [0.15, 0.2) is 0 Å². The van der Waals surface area contributed by atoms with Gasteiger partial charge in [-0.3, -0.25) is 0 Å². The monoisotopic (exact) mass is 248 g/mol. The zero-order valence-corrected chi connectivity index (χ0v) is 11.5. The van der Waals surface area contributed by atoms with E-state index in [-0.39, 0.29) is 11.3 Å². The van der Waals surface area contributed by atoms with E-state index in [1.165, 1.54) is 6.07 Å². The number of carboxylic acids is 1. The fourth-order valence-electron chi connectivity index (χ4n) is 1.29. The van der Waals surface area contributed by atoms with E-state index in [0.29, 0.717) is 11.1 Å². The number of rotatable bonds is 1. The molecule has 0 unspecified atom stereocenters. The first-order valence-electron chi connectivity index (χ1n) is 5.31. The number of hydrogen-bond acceptors (Lipinski definition) is 2. The molecule has 1 aromatic rings. The standard InChI is InChI=1S/C13H16O3Si/c1-9-11(13(15)16)6-5-10(12(9)14)7-8-17(2,3)4/h5-6,14H,1-4H3,(H,15,16). The molecule has 90 valence electrons. The average Bonchev–Trinajstić information content (AvgIpc) is 2.18. The van der Waals surface area contributed by atoms with Crippen LogP contribution in [0, 0.1) is 18.4 Å². The number of phenols is 1. The van der Waals surface area contributed by atoms with Crippen LogP contribution in [0.5, 0.6) is 5.75 Å². The summed E-state index contributed by atoms with van der Waals surface area (Å²) in [5.41, 5.74) is 4.10. The van der Waals surface area contributed by atoms with Crippen molar-refractivity contribution in [3.63, 3.8) is 0 Å². The molecule has 0 aliphatic carbocycles. The molecular formula is C13H16O3Si. The third-order valence-corrected chi connectivity index (χ3v) is 3.11. The summed E-state index contributed by atoms with van der Waals surface area (Å²) in [6.07, 6.45) is 0. The van der Waals surface area contributed by atoms with Gasteiger partial charge in [-0.25, -0.2) is 4.79 Å². The summed E-state index contributed by atoms with van der Waals surface area (Å²) in [4.78, 5) is 10.9. The van der Waals surface area contributed by atoms with Crippen LogP contribution in [-0.2, 0) is 0 Å². The van der Waals surface area contributed by atoms with Crippen molar-refractivity contribution in [2.45, 2.75) is 26.6 Å². The maximum atomic E-state index is 10.9. The molecule has 0 fully saturated rings. The van der Waals surface area contributed by atoms with E-state index in [2.05, 4.69) is 31.1 Å². The summed E-state index contributed by atoms with van der Waals surface area (Å²) >= 11 is 0. The SMILES string of the molecule is Cc1c(C(=O)O)ccc(C#C[Si](C)(C)C)c1O. The summed E-state index contributed by atoms with van der Waals surface area (Å²) < 4.78 is 0. The highest BCUT2D eigenvalue weighted by molar-refractivity contribution is 6.83. The van der Waals surface area contributed by atoms with Crippen LogP contribution < -0.4 is 0 Å². The van der Waals surface area contributed by atoms with Crippen LogP contribution in [0.15, 0.2) is 12.1 Å². The number of carboxylic acid groups (broad SMARTS) is 1. The van der Waals surface area contributed by atoms with Crippen molar-refractivity contribution in [3.05, 3.63) is 28.8 Å². The van der Waals surface area contributed by atoms with Crippen molar-refractivity contribution in [2.75, 3.05) is 0 Å². The lowest BCUT2D eigenvalue weighted by atomic mass is 10.0. The Hall–Kier alpha value is -1.73. The molecule has 0 bridgehead atoms. The molecule has 0 atom stereocenters. The molecule has 0 radical (unpaired) electrons. The largest absolute Gasteiger partial charge is 0.506 e. The minimum atomic E-state index is -1.50. The van der Waals surface area contributed by atoms with Crippen LogP contribution in [0.1, 0.15) is 21.5 Å². The van der Waals surface area contributed by atoms with E-state index in [9.17, 15) is 9.90 Å². The Morgan fingerprint density at radius 1 is 1.29 bits per heavy atom. The zero-order valence-electron chi connectivity index (χ0n) is 10.5. The Morgan fingerprint density at radius 3 is 2.35 bits per heavy atom. The molecule has 0 aromatic heterocycles. The molecular weight excluding hydrogens is 232 g/mol. The normalized spacial score (nSPS) is 10.6. The molecule has 1 rings (SSSR count). The van der Waals surface area contributed by atoms with Crippen molar-refractivity contribution in [3.8, 4) is 17.2 Å². The van der Waals surface area contributed by atoms with E-state index >= 15 is 0 Å². The predicted molar refractivity (Wildman–Crippen MR) is 70.0 cm³/mol. The van der Waals surface area contributed by atoms with Crippen molar-refractivity contribution in [1.82, 2.24) is 0 Å². The number of carbonyl (C=O) groups is 1. The lowest BCUT2D eigenvalue weighted by Gasteiger charge is -2.07. The van der Waals surface area contributed by atoms with Gasteiger partial charge < -0.3 is 10.2 Å². The number of hydrogen-bond donors (Lipinski definition) is 2. The second-order valence-electron chi connectivity index (χ2n) is 4.94. The minimum Gasteiger partial charge on any atom is -0.506 e. The second-order valence-corrected chi connectivity index (χ2v) is 9.69. The molecule has 0 saturated heterocycles. The maximum absolute atomic E-state index is 10.9. The van der Waals surface area contributed by atoms with Gasteiger partial charge in [-0.1, -0.05) is 25.6 Å². The summed E-state index contributed by atoms with van der Waals surface area (Å²) in [5.74, 6) is 1.86. The molecule has 4 heteroatoms. The van der Waals surface area contributed by atoms with E-state index in [1.54, 1.807) is 13.0 Å². The van der Waals surface area contributed by atoms with Crippen molar-refractivity contribution >= 4 is 14.0 Å². The maximum Gasteiger partial charge on any atom is 0.336 e. The lowest BCUT2D eigenvalue weighted by molar-refractivity contribution is 0.0695. The van der Waals surface area contributed by atoms with Crippen LogP contribution >= 0.6 is 0 Å². The fourth-order valence-corrected chi connectivity index (χ4v) is 1.80. The van der Waals surface area contributed by atoms with E-state index in [1.807, 2.05) is 0 Å². The summed E-state index contributed by atoms with van der Waals surface area (Å²) in [6, 6.07) is 3.03. The van der Waals surface area contributed by atoms with Gasteiger partial charge in [-0.05, 0) is 19.1 Å². The topological polar surface area (TPSA) is 57.5 Å². The summed E-state index contributed by atoms with van der Waals surface area (Å²) in [7, 11) is -1.50. The number of benzene rings is 1. The number of phenolic OH excluding ortho intramolecular Hbond substituents is 1. The highest BCUT2D eigenvalue weighted by atomic mass is 28.3. The van der Waals surface area contributed by atoms with Crippen LogP contribution in [0.3, 0.4) is 0 Å². The minimum absolute atomic E-state index is 0.0318. The summed E-state index contributed by atoms with van der Waals surface area (Å²) in [5, 5.41) is 18.8. The molecule has 0 heterocycles. The molecule has 0 aliphatic rings. The Bertz CT molecular complexity index is 516. The first-order chi connectivity index (χ1) is 7.72. The van der Waals surface area contributed by atoms with Gasteiger partial charge in [0.25, 0.3) is 0 Å². The Kier molecular flexibility index (Phi) is 3.64. The molecule has 0 amide bonds. The van der Waals surface area contributed by atoms with E-state index in [4.69, 9.17) is 5.11 Å². The number of aromatic carboxylic acids is 1. The Labute approximate surface area is 102 Å².